The van der Waals surface area contributed by atoms with Gasteiger partial charge in [-0.1, -0.05) is 12.8 Å². The molecule has 1 aliphatic rings. The first-order valence-corrected chi connectivity index (χ1v) is 11.4. The fourth-order valence-electron chi connectivity index (χ4n) is 4.57. The Labute approximate surface area is 196 Å². The average molecular weight is 462 g/mol. The third-order valence-corrected chi connectivity index (χ3v) is 6.37. The van der Waals surface area contributed by atoms with Crippen LogP contribution in [0, 0.1) is 0 Å². The Kier molecular flexibility index (Phi) is 5.61. The summed E-state index contributed by atoms with van der Waals surface area (Å²) in [5, 5.41) is 13.9. The van der Waals surface area contributed by atoms with Crippen LogP contribution in [0.4, 0.5) is 5.69 Å². The summed E-state index contributed by atoms with van der Waals surface area (Å²) in [5.41, 5.74) is 2.81. The molecule has 1 aromatic carbocycles. The van der Waals surface area contributed by atoms with Gasteiger partial charge >= 0.3 is 0 Å². The van der Waals surface area contributed by atoms with Crippen molar-refractivity contribution in [2.24, 2.45) is 14.1 Å². The summed E-state index contributed by atoms with van der Waals surface area (Å²) in [5.74, 6) is 0.179. The number of benzene rings is 1. The van der Waals surface area contributed by atoms with E-state index in [2.05, 4.69) is 5.32 Å². The standard InChI is InChI=1S/C25H27N5O4/c1-28-15-17(25(33)30-11-5-3-4-6-12-30)22(31)21(28)23-27-18-14-16(9-10-19(18)29(23)2)26-24(32)20-8-7-13-34-20/h7-10,13-15,31H,3-6,11-12H2,1-2H3,(H,26,32). The number of rotatable bonds is 4. The minimum Gasteiger partial charge on any atom is -0.505 e. The molecule has 0 saturated carbocycles. The Balaban J connectivity index is 1.47. The molecule has 34 heavy (non-hydrogen) atoms. The zero-order chi connectivity index (χ0) is 23.8. The van der Waals surface area contributed by atoms with Crippen LogP contribution >= 0.6 is 0 Å². The van der Waals surface area contributed by atoms with E-state index in [-0.39, 0.29) is 28.9 Å². The number of fused-ring (bicyclic) bond motifs is 1. The number of hydrogen-bond acceptors (Lipinski definition) is 5. The van der Waals surface area contributed by atoms with Crippen molar-refractivity contribution in [3.05, 3.63) is 54.1 Å². The molecule has 4 aromatic rings. The van der Waals surface area contributed by atoms with E-state index in [0.717, 1.165) is 31.2 Å². The summed E-state index contributed by atoms with van der Waals surface area (Å²) >= 11 is 0. The molecule has 0 radical (unpaired) electrons. The molecule has 0 aliphatic carbocycles. The van der Waals surface area contributed by atoms with Gasteiger partial charge < -0.3 is 28.9 Å². The molecule has 9 heteroatoms. The van der Waals surface area contributed by atoms with Crippen molar-refractivity contribution >= 4 is 28.5 Å². The van der Waals surface area contributed by atoms with Gasteiger partial charge in [0.25, 0.3) is 11.8 Å². The topological polar surface area (TPSA) is 106 Å². The molecular weight excluding hydrogens is 434 g/mol. The zero-order valence-electron chi connectivity index (χ0n) is 19.2. The van der Waals surface area contributed by atoms with Gasteiger partial charge in [0.1, 0.15) is 5.69 Å². The highest BCUT2D eigenvalue weighted by atomic mass is 16.3. The molecule has 5 rings (SSSR count). The third-order valence-electron chi connectivity index (χ3n) is 6.37. The van der Waals surface area contributed by atoms with Gasteiger partial charge in [0.05, 0.1) is 22.9 Å². The van der Waals surface area contributed by atoms with Crippen molar-refractivity contribution < 1.29 is 19.1 Å². The van der Waals surface area contributed by atoms with Gasteiger partial charge in [-0.05, 0) is 43.2 Å². The van der Waals surface area contributed by atoms with Crippen LogP contribution in [0.15, 0.2) is 47.2 Å². The van der Waals surface area contributed by atoms with E-state index in [4.69, 9.17) is 9.40 Å². The maximum atomic E-state index is 13.1. The number of imidazole rings is 1. The molecule has 3 aromatic heterocycles. The van der Waals surface area contributed by atoms with E-state index in [0.29, 0.717) is 35.8 Å². The van der Waals surface area contributed by atoms with Crippen LogP contribution in [0.25, 0.3) is 22.6 Å². The molecule has 0 bridgehead atoms. The highest BCUT2D eigenvalue weighted by Gasteiger charge is 2.27. The lowest BCUT2D eigenvalue weighted by molar-refractivity contribution is 0.0758. The van der Waals surface area contributed by atoms with E-state index in [1.807, 2.05) is 22.6 Å². The smallest absolute Gasteiger partial charge is 0.291 e. The first-order valence-electron chi connectivity index (χ1n) is 11.4. The van der Waals surface area contributed by atoms with E-state index in [1.165, 1.54) is 6.26 Å². The lowest BCUT2D eigenvalue weighted by atomic mass is 10.2. The van der Waals surface area contributed by atoms with Crippen LogP contribution in [-0.4, -0.2) is 49.0 Å². The Morgan fingerprint density at radius 1 is 1.09 bits per heavy atom. The zero-order valence-corrected chi connectivity index (χ0v) is 19.2. The number of aromatic nitrogens is 3. The van der Waals surface area contributed by atoms with Crippen LogP contribution in [0.3, 0.4) is 0 Å². The lowest BCUT2D eigenvalue weighted by Gasteiger charge is -2.19. The predicted octanol–water partition coefficient (Wildman–Crippen LogP) is 4.15. The maximum absolute atomic E-state index is 13.1. The number of carbonyl (C=O) groups excluding carboxylic acids is 2. The van der Waals surface area contributed by atoms with Crippen molar-refractivity contribution in [2.45, 2.75) is 25.7 Å². The maximum Gasteiger partial charge on any atom is 0.291 e. The molecule has 2 N–H and O–H groups in total. The fraction of sp³-hybridized carbons (Fsp3) is 0.320. The normalized spacial score (nSPS) is 14.4. The van der Waals surface area contributed by atoms with Crippen LogP contribution in [0.5, 0.6) is 5.75 Å². The molecule has 1 aliphatic heterocycles. The number of furan rings is 1. The van der Waals surface area contributed by atoms with Crippen molar-refractivity contribution in [1.29, 1.82) is 0 Å². The molecule has 176 valence electrons. The van der Waals surface area contributed by atoms with Crippen molar-refractivity contribution in [3.63, 3.8) is 0 Å². The Bertz CT molecular complexity index is 1360. The number of aromatic hydroxyl groups is 1. The summed E-state index contributed by atoms with van der Waals surface area (Å²) in [4.78, 5) is 32.0. The summed E-state index contributed by atoms with van der Waals surface area (Å²) in [6, 6.07) is 8.65. The number of aryl methyl sites for hydroxylation is 2. The minimum atomic E-state index is -0.350. The Hall–Kier alpha value is -4.01. The number of likely N-dealkylation sites (tertiary alicyclic amines) is 1. The van der Waals surface area contributed by atoms with E-state index >= 15 is 0 Å². The van der Waals surface area contributed by atoms with Gasteiger partial charge in [0, 0.05) is 39.1 Å². The second kappa shape index (κ2) is 8.74. The first kappa shape index (κ1) is 21.8. The molecule has 2 amide bonds. The van der Waals surface area contributed by atoms with Crippen molar-refractivity contribution in [2.75, 3.05) is 18.4 Å². The Morgan fingerprint density at radius 2 is 1.85 bits per heavy atom. The van der Waals surface area contributed by atoms with E-state index in [9.17, 15) is 14.7 Å². The fourth-order valence-corrected chi connectivity index (χ4v) is 4.57. The second-order valence-corrected chi connectivity index (χ2v) is 8.69. The average Bonchev–Trinajstić information content (AvgIpc) is 3.46. The first-order chi connectivity index (χ1) is 16.4. The van der Waals surface area contributed by atoms with Crippen LogP contribution in [0.2, 0.25) is 0 Å². The lowest BCUT2D eigenvalue weighted by Crippen LogP contribution is -2.31. The summed E-state index contributed by atoms with van der Waals surface area (Å²) in [6.45, 7) is 1.42. The highest BCUT2D eigenvalue weighted by Crippen LogP contribution is 2.36. The van der Waals surface area contributed by atoms with Gasteiger partial charge in [0.15, 0.2) is 17.3 Å². The van der Waals surface area contributed by atoms with Crippen LogP contribution < -0.4 is 5.32 Å². The number of carbonyl (C=O) groups is 2. The van der Waals surface area contributed by atoms with E-state index in [1.54, 1.807) is 42.1 Å². The van der Waals surface area contributed by atoms with Gasteiger partial charge in [-0.15, -0.1) is 0 Å². The predicted molar refractivity (Wildman–Crippen MR) is 128 cm³/mol. The van der Waals surface area contributed by atoms with Crippen molar-refractivity contribution in [3.8, 4) is 17.3 Å². The largest absolute Gasteiger partial charge is 0.505 e. The monoisotopic (exact) mass is 461 g/mol. The minimum absolute atomic E-state index is 0.0681. The number of nitrogens with one attached hydrogen (secondary N) is 1. The highest BCUT2D eigenvalue weighted by molar-refractivity contribution is 6.03. The number of anilines is 1. The molecule has 1 saturated heterocycles. The molecular formula is C25H27N5O4. The summed E-state index contributed by atoms with van der Waals surface area (Å²) in [6.07, 6.45) is 7.33. The van der Waals surface area contributed by atoms with Gasteiger partial charge in [-0.2, -0.15) is 0 Å². The number of amides is 2. The van der Waals surface area contributed by atoms with Gasteiger partial charge in [-0.25, -0.2) is 4.98 Å². The molecule has 0 atom stereocenters. The van der Waals surface area contributed by atoms with Gasteiger partial charge in [-0.3, -0.25) is 9.59 Å². The van der Waals surface area contributed by atoms with Crippen LogP contribution in [0.1, 0.15) is 46.6 Å². The van der Waals surface area contributed by atoms with Gasteiger partial charge in [0.2, 0.25) is 0 Å². The van der Waals surface area contributed by atoms with Crippen LogP contribution in [-0.2, 0) is 14.1 Å². The summed E-state index contributed by atoms with van der Waals surface area (Å²) < 4.78 is 8.74. The SMILES string of the molecule is Cn1cc(C(=O)N2CCCCCC2)c(O)c1-c1nc2cc(NC(=O)c3ccco3)ccc2n1C. The molecule has 0 spiro atoms. The summed E-state index contributed by atoms with van der Waals surface area (Å²) in [7, 11) is 3.65. The number of nitrogens with zero attached hydrogens (tertiary/aromatic N) is 4. The molecule has 0 unspecified atom stereocenters. The molecule has 1 fully saturated rings. The third kappa shape index (κ3) is 3.83. The van der Waals surface area contributed by atoms with E-state index < -0.39 is 0 Å². The molecule has 4 heterocycles. The Morgan fingerprint density at radius 3 is 2.56 bits per heavy atom. The second-order valence-electron chi connectivity index (χ2n) is 8.69. The quantitative estimate of drug-likeness (QED) is 0.475. The molecule has 9 nitrogen and oxygen atoms in total. The number of hydrogen-bond donors (Lipinski definition) is 2. The van der Waals surface area contributed by atoms with Crippen molar-refractivity contribution in [1.82, 2.24) is 19.0 Å².